The summed E-state index contributed by atoms with van der Waals surface area (Å²) < 4.78 is 15.5. The van der Waals surface area contributed by atoms with Crippen LogP contribution in [-0.2, 0) is 6.54 Å². The average molecular weight is 375 g/mol. The van der Waals surface area contributed by atoms with Crippen LogP contribution in [0.4, 0.5) is 15.9 Å². The molecule has 2 aromatic carbocycles. The summed E-state index contributed by atoms with van der Waals surface area (Å²) in [6, 6.07) is 15.8. The number of anilines is 2. The predicted molar refractivity (Wildman–Crippen MR) is 104 cm³/mol. The molecule has 3 rings (SSSR count). The molecule has 0 amide bonds. The molecule has 0 bridgehead atoms. The van der Waals surface area contributed by atoms with Crippen LogP contribution in [0.25, 0.3) is 0 Å². The number of benzene rings is 2. The maximum absolute atomic E-state index is 13.6. The van der Waals surface area contributed by atoms with E-state index in [4.69, 9.17) is 23.8 Å². The molecular formula is C18H16ClFN4S. The molecule has 128 valence electrons. The first-order valence-corrected chi connectivity index (χ1v) is 8.41. The molecule has 0 saturated heterocycles. The molecule has 1 heterocycles. The van der Waals surface area contributed by atoms with Crippen molar-refractivity contribution in [3.05, 3.63) is 76.7 Å². The molecule has 0 aliphatic heterocycles. The Morgan fingerprint density at radius 2 is 1.88 bits per heavy atom. The van der Waals surface area contributed by atoms with Crippen LogP contribution in [0.2, 0.25) is 5.02 Å². The summed E-state index contributed by atoms with van der Waals surface area (Å²) in [7, 11) is 0. The van der Waals surface area contributed by atoms with E-state index in [0.717, 1.165) is 11.3 Å². The van der Waals surface area contributed by atoms with Crippen LogP contribution in [0.15, 0.2) is 54.6 Å². The van der Waals surface area contributed by atoms with Gasteiger partial charge in [0.05, 0.1) is 12.2 Å². The summed E-state index contributed by atoms with van der Waals surface area (Å²) >= 11 is 11.1. The summed E-state index contributed by atoms with van der Waals surface area (Å²) in [6.45, 7) is 2.58. The second-order valence-corrected chi connectivity index (χ2v) is 6.36. The van der Waals surface area contributed by atoms with E-state index >= 15 is 0 Å². The number of halogens is 2. The molecule has 1 aromatic heterocycles. The Morgan fingerprint density at radius 3 is 2.60 bits per heavy atom. The number of aryl methyl sites for hydroxylation is 1. The van der Waals surface area contributed by atoms with E-state index in [9.17, 15) is 4.39 Å². The second-order valence-electron chi connectivity index (χ2n) is 5.51. The lowest BCUT2D eigenvalue weighted by atomic mass is 10.2. The molecule has 0 unspecified atom stereocenters. The third-order valence-electron chi connectivity index (χ3n) is 3.59. The van der Waals surface area contributed by atoms with Crippen molar-refractivity contribution in [2.75, 3.05) is 10.6 Å². The molecule has 0 radical (unpaired) electrons. The fourth-order valence-corrected chi connectivity index (χ4v) is 2.67. The van der Waals surface area contributed by atoms with E-state index < -0.39 is 0 Å². The van der Waals surface area contributed by atoms with Gasteiger partial charge in [-0.05, 0) is 49.0 Å². The third kappa shape index (κ3) is 4.55. The largest absolute Gasteiger partial charge is 0.330 e. The molecule has 7 heteroatoms. The maximum atomic E-state index is 13.6. The Kier molecular flexibility index (Phi) is 5.31. The van der Waals surface area contributed by atoms with E-state index in [2.05, 4.69) is 15.7 Å². The summed E-state index contributed by atoms with van der Waals surface area (Å²) in [6.07, 6.45) is 0. The molecule has 3 aromatic rings. The van der Waals surface area contributed by atoms with Crippen molar-refractivity contribution in [3.8, 4) is 0 Å². The van der Waals surface area contributed by atoms with Crippen molar-refractivity contribution in [1.82, 2.24) is 9.78 Å². The number of hydrogen-bond donors (Lipinski definition) is 2. The van der Waals surface area contributed by atoms with Gasteiger partial charge in [0.25, 0.3) is 0 Å². The van der Waals surface area contributed by atoms with Gasteiger partial charge < -0.3 is 10.6 Å². The molecule has 0 saturated carbocycles. The van der Waals surface area contributed by atoms with E-state index in [1.54, 1.807) is 18.2 Å². The Balaban J connectivity index is 1.66. The lowest BCUT2D eigenvalue weighted by Gasteiger charge is -2.09. The quantitative estimate of drug-likeness (QED) is 0.641. The fourth-order valence-electron chi connectivity index (χ4n) is 2.33. The molecule has 0 atom stereocenters. The first-order chi connectivity index (χ1) is 12.0. The minimum Gasteiger partial charge on any atom is -0.330 e. The monoisotopic (exact) mass is 374 g/mol. The zero-order valence-corrected chi connectivity index (χ0v) is 15.0. The van der Waals surface area contributed by atoms with Crippen LogP contribution >= 0.6 is 23.8 Å². The maximum Gasteiger partial charge on any atom is 0.176 e. The van der Waals surface area contributed by atoms with Gasteiger partial charge >= 0.3 is 0 Å². The zero-order valence-electron chi connectivity index (χ0n) is 13.5. The number of rotatable bonds is 4. The molecule has 0 aliphatic carbocycles. The molecule has 0 fully saturated rings. The van der Waals surface area contributed by atoms with Crippen LogP contribution in [0.1, 0.15) is 11.3 Å². The zero-order chi connectivity index (χ0) is 17.8. The number of thiocarbonyl (C=S) groups is 1. The summed E-state index contributed by atoms with van der Waals surface area (Å²) in [5.74, 6) is 0.233. The van der Waals surface area contributed by atoms with Gasteiger partial charge in [-0.2, -0.15) is 5.10 Å². The van der Waals surface area contributed by atoms with Crippen LogP contribution in [-0.4, -0.2) is 14.9 Å². The van der Waals surface area contributed by atoms with Gasteiger partial charge in [-0.3, -0.25) is 4.68 Å². The minimum atomic E-state index is -0.365. The number of aromatic nitrogens is 2. The lowest BCUT2D eigenvalue weighted by molar-refractivity contribution is 0.632. The highest BCUT2D eigenvalue weighted by atomic mass is 35.5. The number of hydrogen-bond acceptors (Lipinski definition) is 2. The SMILES string of the molecule is Cc1cc(NC(=S)Nc2ccccc2F)nn1Cc1ccc(Cl)cc1. The van der Waals surface area contributed by atoms with Crippen LogP contribution in [0.3, 0.4) is 0 Å². The standard InChI is InChI=1S/C18H16ClFN4S/c1-12-10-17(22-18(25)21-16-5-3-2-4-15(16)20)23-24(12)11-13-6-8-14(19)9-7-13/h2-10H,11H2,1H3,(H2,21,22,23,25). The van der Waals surface area contributed by atoms with Gasteiger partial charge in [0.1, 0.15) is 5.82 Å². The topological polar surface area (TPSA) is 41.9 Å². The number of nitrogens with one attached hydrogen (secondary N) is 2. The second kappa shape index (κ2) is 7.63. The molecule has 2 N–H and O–H groups in total. The summed E-state index contributed by atoms with van der Waals surface area (Å²) in [5.41, 5.74) is 2.39. The van der Waals surface area contributed by atoms with Gasteiger partial charge in [-0.15, -0.1) is 0 Å². The van der Waals surface area contributed by atoms with Gasteiger partial charge in [0.2, 0.25) is 0 Å². The van der Waals surface area contributed by atoms with Gasteiger partial charge in [-0.1, -0.05) is 35.9 Å². The Bertz CT molecular complexity index is 892. The molecular weight excluding hydrogens is 359 g/mol. The summed E-state index contributed by atoms with van der Waals surface area (Å²) in [4.78, 5) is 0. The Morgan fingerprint density at radius 1 is 1.16 bits per heavy atom. The molecule has 0 aliphatic rings. The van der Waals surface area contributed by atoms with E-state index in [-0.39, 0.29) is 10.9 Å². The predicted octanol–water partition coefficient (Wildman–Crippen LogP) is 4.84. The first-order valence-electron chi connectivity index (χ1n) is 7.63. The van der Waals surface area contributed by atoms with Gasteiger partial charge in [0, 0.05) is 16.8 Å². The average Bonchev–Trinajstić information content (AvgIpc) is 2.91. The van der Waals surface area contributed by atoms with Gasteiger partial charge in [0.15, 0.2) is 10.9 Å². The van der Waals surface area contributed by atoms with Crippen LogP contribution < -0.4 is 10.6 Å². The van der Waals surface area contributed by atoms with Crippen molar-refractivity contribution in [2.24, 2.45) is 0 Å². The highest BCUT2D eigenvalue weighted by molar-refractivity contribution is 7.80. The van der Waals surface area contributed by atoms with Crippen LogP contribution in [0, 0.1) is 12.7 Å². The lowest BCUT2D eigenvalue weighted by Crippen LogP contribution is -2.20. The third-order valence-corrected chi connectivity index (χ3v) is 4.05. The van der Waals surface area contributed by atoms with E-state index in [0.29, 0.717) is 23.1 Å². The highest BCUT2D eigenvalue weighted by Crippen LogP contribution is 2.16. The summed E-state index contributed by atoms with van der Waals surface area (Å²) in [5, 5.41) is 11.3. The Hall–Kier alpha value is -2.44. The highest BCUT2D eigenvalue weighted by Gasteiger charge is 2.08. The fraction of sp³-hybridized carbons (Fsp3) is 0.111. The van der Waals surface area contributed by atoms with E-state index in [1.165, 1.54) is 6.07 Å². The number of para-hydroxylation sites is 1. The van der Waals surface area contributed by atoms with Crippen molar-refractivity contribution >= 4 is 40.4 Å². The van der Waals surface area contributed by atoms with Crippen molar-refractivity contribution in [2.45, 2.75) is 13.5 Å². The van der Waals surface area contributed by atoms with Crippen LogP contribution in [0.5, 0.6) is 0 Å². The molecule has 0 spiro atoms. The molecule has 25 heavy (non-hydrogen) atoms. The normalized spacial score (nSPS) is 10.5. The Labute approximate surface area is 155 Å². The smallest absolute Gasteiger partial charge is 0.176 e. The van der Waals surface area contributed by atoms with E-state index in [1.807, 2.05) is 41.9 Å². The van der Waals surface area contributed by atoms with Crippen molar-refractivity contribution < 1.29 is 4.39 Å². The van der Waals surface area contributed by atoms with Crippen molar-refractivity contribution in [3.63, 3.8) is 0 Å². The first kappa shape index (κ1) is 17.4. The minimum absolute atomic E-state index is 0.279. The molecule has 4 nitrogen and oxygen atoms in total. The number of nitrogens with zero attached hydrogens (tertiary/aromatic N) is 2. The van der Waals surface area contributed by atoms with Gasteiger partial charge in [-0.25, -0.2) is 4.39 Å². The van der Waals surface area contributed by atoms with Crippen molar-refractivity contribution in [1.29, 1.82) is 0 Å².